The van der Waals surface area contributed by atoms with Crippen LogP contribution in [0.4, 0.5) is 4.39 Å². The second-order valence-corrected chi connectivity index (χ2v) is 9.61. The fraction of sp³-hybridized carbons (Fsp3) is 0.500. The van der Waals surface area contributed by atoms with E-state index >= 15 is 0 Å². The minimum atomic E-state index is -0.401. The predicted octanol–water partition coefficient (Wildman–Crippen LogP) is 4.92. The maximum absolute atomic E-state index is 13.5. The molecule has 1 aromatic heterocycles. The highest BCUT2D eigenvalue weighted by Gasteiger charge is 2.29. The molecule has 1 aromatic carbocycles. The third-order valence-electron chi connectivity index (χ3n) is 6.06. The lowest BCUT2D eigenvalue weighted by Gasteiger charge is -2.35. The molecule has 1 fully saturated rings. The van der Waals surface area contributed by atoms with E-state index in [0.717, 1.165) is 42.5 Å². The Morgan fingerprint density at radius 2 is 1.74 bits per heavy atom. The molecule has 0 N–H and O–H groups in total. The largest absolute Gasteiger partial charge is 0.466 e. The Kier molecular flexibility index (Phi) is 10.1. The molecule has 0 radical (unpaired) electrons. The highest BCUT2D eigenvalue weighted by atomic mass is 32.1. The van der Waals surface area contributed by atoms with Gasteiger partial charge in [0.1, 0.15) is 12.4 Å². The summed E-state index contributed by atoms with van der Waals surface area (Å²) in [6.45, 7) is 2.73. The van der Waals surface area contributed by atoms with Gasteiger partial charge < -0.3 is 14.5 Å². The Balaban J connectivity index is 1.74. The molecule has 3 rings (SSSR count). The first-order valence-electron chi connectivity index (χ1n) is 12.0. The van der Waals surface area contributed by atoms with Gasteiger partial charge in [0.05, 0.1) is 19.6 Å². The molecule has 0 unspecified atom stereocenters. The number of ether oxygens (including phenoxy) is 1. The number of rotatable bonds is 11. The summed E-state index contributed by atoms with van der Waals surface area (Å²) >= 11 is 1.57. The van der Waals surface area contributed by atoms with Crippen molar-refractivity contribution >= 4 is 29.1 Å². The lowest BCUT2D eigenvalue weighted by Crippen LogP contribution is -2.48. The number of carbonyl (C=O) groups excluding carboxylic acids is 3. The van der Waals surface area contributed by atoms with Crippen molar-refractivity contribution in [2.45, 2.75) is 71.0 Å². The number of nitrogens with zero attached hydrogens (tertiary/aromatic N) is 2. The Morgan fingerprint density at radius 3 is 2.38 bits per heavy atom. The summed E-state index contributed by atoms with van der Waals surface area (Å²) in [6, 6.07) is 10.0. The van der Waals surface area contributed by atoms with Gasteiger partial charge in [-0.1, -0.05) is 37.5 Å². The molecule has 1 saturated carbocycles. The van der Waals surface area contributed by atoms with E-state index in [-0.39, 0.29) is 49.7 Å². The van der Waals surface area contributed by atoms with Crippen molar-refractivity contribution in [2.75, 3.05) is 13.2 Å². The van der Waals surface area contributed by atoms with Crippen molar-refractivity contribution in [3.63, 3.8) is 0 Å². The molecule has 1 aliphatic carbocycles. The molecule has 1 heterocycles. The van der Waals surface area contributed by atoms with Crippen molar-refractivity contribution < 1.29 is 23.5 Å². The normalized spacial score (nSPS) is 13.9. The molecule has 6 nitrogen and oxygen atoms in total. The Bertz CT molecular complexity index is 927. The predicted molar refractivity (Wildman–Crippen MR) is 129 cm³/mol. The molecule has 1 aliphatic rings. The number of benzene rings is 1. The Morgan fingerprint density at radius 1 is 1.00 bits per heavy atom. The van der Waals surface area contributed by atoms with Gasteiger partial charge >= 0.3 is 5.97 Å². The summed E-state index contributed by atoms with van der Waals surface area (Å²) in [6.07, 6.45) is 4.95. The van der Waals surface area contributed by atoms with E-state index in [2.05, 4.69) is 0 Å². The lowest BCUT2D eigenvalue weighted by molar-refractivity contribution is -0.148. The van der Waals surface area contributed by atoms with Gasteiger partial charge in [0.15, 0.2) is 0 Å². The molecule has 0 bridgehead atoms. The highest BCUT2D eigenvalue weighted by molar-refractivity contribution is 7.09. The second-order valence-electron chi connectivity index (χ2n) is 8.57. The van der Waals surface area contributed by atoms with Crippen LogP contribution in [-0.4, -0.2) is 46.8 Å². The van der Waals surface area contributed by atoms with E-state index in [9.17, 15) is 18.8 Å². The van der Waals surface area contributed by atoms with Crippen LogP contribution in [-0.2, 0) is 32.2 Å². The standard InChI is InChI=1S/C26H33FN2O4S/c1-2-33-26(32)15-14-24(30)29(22-7-4-3-5-8-22)19-25(31)28(18-23-9-6-16-34-23)17-20-10-12-21(27)13-11-20/h6,9-13,16,22H,2-5,7-8,14-15,17-19H2,1H3. The molecule has 0 saturated heterocycles. The molecule has 0 spiro atoms. The average Bonchev–Trinajstić information content (AvgIpc) is 3.36. The fourth-order valence-electron chi connectivity index (χ4n) is 4.28. The number of amides is 2. The zero-order chi connectivity index (χ0) is 24.3. The minimum Gasteiger partial charge on any atom is -0.466 e. The van der Waals surface area contributed by atoms with Crippen molar-refractivity contribution in [3.05, 3.63) is 58.0 Å². The summed E-state index contributed by atoms with van der Waals surface area (Å²) in [7, 11) is 0. The van der Waals surface area contributed by atoms with Crippen LogP contribution in [0.2, 0.25) is 0 Å². The van der Waals surface area contributed by atoms with E-state index in [4.69, 9.17) is 4.74 Å². The summed E-state index contributed by atoms with van der Waals surface area (Å²) in [5.74, 6) is -1.07. The quantitative estimate of drug-likeness (QED) is 0.421. The zero-order valence-corrected chi connectivity index (χ0v) is 20.5. The Hall–Kier alpha value is -2.74. The van der Waals surface area contributed by atoms with E-state index in [1.165, 1.54) is 12.1 Å². The first-order chi connectivity index (χ1) is 16.5. The number of esters is 1. The van der Waals surface area contributed by atoms with Crippen LogP contribution in [0.15, 0.2) is 41.8 Å². The van der Waals surface area contributed by atoms with Crippen molar-refractivity contribution in [1.29, 1.82) is 0 Å². The summed E-state index contributed by atoms with van der Waals surface area (Å²) in [5, 5.41) is 1.96. The highest BCUT2D eigenvalue weighted by Crippen LogP contribution is 2.24. The van der Waals surface area contributed by atoms with E-state index in [1.54, 1.807) is 40.2 Å². The molecule has 2 aromatic rings. The van der Waals surface area contributed by atoms with E-state index < -0.39 is 5.97 Å². The van der Waals surface area contributed by atoms with Gasteiger partial charge in [-0.15, -0.1) is 11.3 Å². The van der Waals surface area contributed by atoms with Crippen LogP contribution in [0.1, 0.15) is 62.3 Å². The molecule has 8 heteroatoms. The summed E-state index contributed by atoms with van der Waals surface area (Å²) < 4.78 is 18.3. The molecular weight excluding hydrogens is 455 g/mol. The van der Waals surface area contributed by atoms with Crippen LogP contribution in [0.25, 0.3) is 0 Å². The number of halogens is 1. The van der Waals surface area contributed by atoms with E-state index in [1.807, 2.05) is 17.5 Å². The van der Waals surface area contributed by atoms with Crippen LogP contribution in [0.3, 0.4) is 0 Å². The van der Waals surface area contributed by atoms with Gasteiger partial charge in [-0.2, -0.15) is 0 Å². The maximum Gasteiger partial charge on any atom is 0.306 e. The topological polar surface area (TPSA) is 66.9 Å². The molecule has 34 heavy (non-hydrogen) atoms. The number of hydrogen-bond donors (Lipinski definition) is 0. The molecule has 2 amide bonds. The second kappa shape index (κ2) is 13.2. The van der Waals surface area contributed by atoms with Gasteiger partial charge in [-0.05, 0) is 48.9 Å². The van der Waals surface area contributed by atoms with Crippen molar-refractivity contribution in [1.82, 2.24) is 9.80 Å². The van der Waals surface area contributed by atoms with Gasteiger partial charge in [-0.3, -0.25) is 14.4 Å². The third kappa shape index (κ3) is 7.94. The molecule has 0 atom stereocenters. The molecule has 184 valence electrons. The van der Waals surface area contributed by atoms with Crippen LogP contribution in [0, 0.1) is 5.82 Å². The molecule has 0 aliphatic heterocycles. The number of thiophene rings is 1. The lowest BCUT2D eigenvalue weighted by atomic mass is 9.93. The van der Waals surface area contributed by atoms with Gasteiger partial charge in [-0.25, -0.2) is 4.39 Å². The van der Waals surface area contributed by atoms with E-state index in [0.29, 0.717) is 13.1 Å². The first kappa shape index (κ1) is 25.9. The van der Waals surface area contributed by atoms with Crippen LogP contribution < -0.4 is 0 Å². The summed E-state index contributed by atoms with van der Waals surface area (Å²) in [4.78, 5) is 42.9. The Labute approximate surface area is 204 Å². The zero-order valence-electron chi connectivity index (χ0n) is 19.7. The van der Waals surface area contributed by atoms with Crippen LogP contribution >= 0.6 is 11.3 Å². The number of hydrogen-bond acceptors (Lipinski definition) is 5. The van der Waals surface area contributed by atoms with Gasteiger partial charge in [0, 0.05) is 23.9 Å². The monoisotopic (exact) mass is 488 g/mol. The summed E-state index contributed by atoms with van der Waals surface area (Å²) in [5.41, 5.74) is 0.823. The SMILES string of the molecule is CCOC(=O)CCC(=O)N(CC(=O)N(Cc1ccc(F)cc1)Cc1cccs1)C1CCCCC1. The van der Waals surface area contributed by atoms with Crippen LogP contribution in [0.5, 0.6) is 0 Å². The van der Waals surface area contributed by atoms with Crippen molar-refractivity contribution in [2.24, 2.45) is 0 Å². The van der Waals surface area contributed by atoms with Gasteiger partial charge in [0.25, 0.3) is 0 Å². The fourth-order valence-corrected chi connectivity index (χ4v) is 5.00. The molecular formula is C26H33FN2O4S. The first-order valence-corrected chi connectivity index (χ1v) is 12.8. The smallest absolute Gasteiger partial charge is 0.306 e. The minimum absolute atomic E-state index is 0.00167. The maximum atomic E-state index is 13.5. The third-order valence-corrected chi connectivity index (χ3v) is 6.92. The number of carbonyl (C=O) groups is 3. The van der Waals surface area contributed by atoms with Crippen molar-refractivity contribution in [3.8, 4) is 0 Å². The average molecular weight is 489 g/mol. The van der Waals surface area contributed by atoms with Gasteiger partial charge in [0.2, 0.25) is 11.8 Å².